The highest BCUT2D eigenvalue weighted by atomic mass is 16.2. The predicted octanol–water partition coefficient (Wildman–Crippen LogP) is 0.730. The van der Waals surface area contributed by atoms with E-state index in [0.717, 1.165) is 19.3 Å². The molecule has 1 aliphatic heterocycles. The molecule has 0 aromatic rings. The van der Waals surface area contributed by atoms with Gasteiger partial charge >= 0.3 is 6.03 Å². The lowest BCUT2D eigenvalue weighted by molar-refractivity contribution is -0.134. The molecule has 104 valence electrons. The van der Waals surface area contributed by atoms with Crippen molar-refractivity contribution >= 4 is 11.9 Å². The number of carbonyl (C=O) groups is 2. The molecular weight excluding hydrogens is 244 g/mol. The van der Waals surface area contributed by atoms with Crippen LogP contribution >= 0.6 is 0 Å². The summed E-state index contributed by atoms with van der Waals surface area (Å²) in [6, 6.07) is 1.69. The Bertz CT molecular complexity index is 417. The predicted molar refractivity (Wildman–Crippen MR) is 68.8 cm³/mol. The van der Waals surface area contributed by atoms with Gasteiger partial charge in [0.2, 0.25) is 0 Å². The Morgan fingerprint density at radius 1 is 1.47 bits per heavy atom. The standard InChI is InChI=1S/C13H20N4O2/c14-7-3-4-8-17-11(18)13(16-12(17)19)6-2-1-5-10(13)9-15/h10H,1-6,8-9,15H2,(H,16,19). The smallest absolute Gasteiger partial charge is 0.325 e. The molecule has 19 heavy (non-hydrogen) atoms. The second-order valence-corrected chi connectivity index (χ2v) is 5.30. The average molecular weight is 264 g/mol. The molecule has 6 heteroatoms. The highest BCUT2D eigenvalue weighted by molar-refractivity contribution is 6.07. The third-order valence-electron chi connectivity index (χ3n) is 4.23. The van der Waals surface area contributed by atoms with Crippen molar-refractivity contribution in [2.75, 3.05) is 13.1 Å². The Kier molecular flexibility index (Phi) is 4.05. The molecule has 1 heterocycles. The highest BCUT2D eigenvalue weighted by Gasteiger charge is 2.55. The zero-order valence-electron chi connectivity index (χ0n) is 11.0. The van der Waals surface area contributed by atoms with E-state index < -0.39 is 5.54 Å². The number of carbonyl (C=O) groups excluding carboxylic acids is 2. The topological polar surface area (TPSA) is 99.2 Å². The minimum Gasteiger partial charge on any atom is -0.330 e. The van der Waals surface area contributed by atoms with E-state index in [1.807, 2.05) is 6.07 Å². The van der Waals surface area contributed by atoms with E-state index in [1.165, 1.54) is 4.90 Å². The van der Waals surface area contributed by atoms with Crippen LogP contribution in [0, 0.1) is 17.2 Å². The lowest BCUT2D eigenvalue weighted by Gasteiger charge is -2.38. The number of nitriles is 1. The lowest BCUT2D eigenvalue weighted by Crippen LogP contribution is -2.57. The number of nitrogens with two attached hydrogens (primary N) is 1. The number of hydrogen-bond acceptors (Lipinski definition) is 4. The van der Waals surface area contributed by atoms with Gasteiger partial charge in [0.05, 0.1) is 6.07 Å². The van der Waals surface area contributed by atoms with Gasteiger partial charge in [0.25, 0.3) is 5.91 Å². The quantitative estimate of drug-likeness (QED) is 0.577. The van der Waals surface area contributed by atoms with E-state index in [9.17, 15) is 9.59 Å². The Morgan fingerprint density at radius 3 is 2.95 bits per heavy atom. The summed E-state index contributed by atoms with van der Waals surface area (Å²) in [5.74, 6) is -0.121. The number of unbranched alkanes of at least 4 members (excludes halogenated alkanes) is 1. The first-order chi connectivity index (χ1) is 9.15. The van der Waals surface area contributed by atoms with Crippen LogP contribution in [0.1, 0.15) is 38.5 Å². The van der Waals surface area contributed by atoms with Gasteiger partial charge in [-0.15, -0.1) is 0 Å². The number of nitrogens with one attached hydrogen (secondary N) is 1. The number of hydrogen-bond donors (Lipinski definition) is 2. The molecule has 0 radical (unpaired) electrons. The SMILES string of the molecule is N#CCCCN1C(=O)NC2(CCCCC2CN)C1=O. The van der Waals surface area contributed by atoms with Crippen LogP contribution in [0.25, 0.3) is 0 Å². The number of rotatable bonds is 4. The summed E-state index contributed by atoms with van der Waals surface area (Å²) in [6.45, 7) is 0.731. The molecule has 0 aromatic carbocycles. The van der Waals surface area contributed by atoms with Gasteiger partial charge in [0, 0.05) is 18.9 Å². The third-order valence-corrected chi connectivity index (χ3v) is 4.23. The maximum atomic E-state index is 12.6. The van der Waals surface area contributed by atoms with E-state index in [4.69, 9.17) is 11.0 Å². The van der Waals surface area contributed by atoms with E-state index in [1.54, 1.807) is 0 Å². The molecule has 3 N–H and O–H groups in total. The van der Waals surface area contributed by atoms with Gasteiger partial charge in [-0.3, -0.25) is 9.69 Å². The van der Waals surface area contributed by atoms with Crippen molar-refractivity contribution in [1.29, 1.82) is 5.26 Å². The summed E-state index contributed by atoms with van der Waals surface area (Å²) in [4.78, 5) is 25.8. The largest absolute Gasteiger partial charge is 0.330 e. The van der Waals surface area contributed by atoms with Crippen LogP contribution in [0.15, 0.2) is 0 Å². The van der Waals surface area contributed by atoms with E-state index in [2.05, 4.69) is 5.32 Å². The first kappa shape index (κ1) is 13.8. The fourth-order valence-corrected chi connectivity index (χ4v) is 3.17. The molecule has 2 unspecified atom stereocenters. The normalized spacial score (nSPS) is 30.5. The number of nitrogens with zero attached hydrogens (tertiary/aromatic N) is 2. The van der Waals surface area contributed by atoms with Gasteiger partial charge in [0.15, 0.2) is 0 Å². The van der Waals surface area contributed by atoms with E-state index >= 15 is 0 Å². The summed E-state index contributed by atoms with van der Waals surface area (Å²) in [7, 11) is 0. The molecule has 1 aliphatic carbocycles. The summed E-state index contributed by atoms with van der Waals surface area (Å²) < 4.78 is 0. The second-order valence-electron chi connectivity index (χ2n) is 5.30. The van der Waals surface area contributed by atoms with E-state index in [-0.39, 0.29) is 17.9 Å². The van der Waals surface area contributed by atoms with Crippen LogP contribution in [-0.4, -0.2) is 35.5 Å². The molecule has 2 atom stereocenters. The zero-order chi connectivity index (χ0) is 13.9. The monoisotopic (exact) mass is 264 g/mol. The molecule has 2 fully saturated rings. The van der Waals surface area contributed by atoms with Crippen molar-refractivity contribution < 1.29 is 9.59 Å². The minimum absolute atomic E-state index is 0.0265. The molecule has 6 nitrogen and oxygen atoms in total. The summed E-state index contributed by atoms with van der Waals surface area (Å²) in [5.41, 5.74) is 4.99. The van der Waals surface area contributed by atoms with Crippen LogP contribution in [-0.2, 0) is 4.79 Å². The molecule has 3 amide bonds. The molecule has 0 aromatic heterocycles. The maximum absolute atomic E-state index is 12.6. The Labute approximate surface area is 112 Å². The molecule has 1 saturated carbocycles. The summed E-state index contributed by atoms with van der Waals surface area (Å²) in [5, 5.41) is 11.4. The van der Waals surface area contributed by atoms with Crippen molar-refractivity contribution in [1.82, 2.24) is 10.2 Å². The maximum Gasteiger partial charge on any atom is 0.325 e. The van der Waals surface area contributed by atoms with Crippen LogP contribution in [0.2, 0.25) is 0 Å². The zero-order valence-corrected chi connectivity index (χ0v) is 11.0. The van der Waals surface area contributed by atoms with Crippen molar-refractivity contribution in [3.63, 3.8) is 0 Å². The Morgan fingerprint density at radius 2 is 2.26 bits per heavy atom. The average Bonchev–Trinajstić information content (AvgIpc) is 2.64. The van der Waals surface area contributed by atoms with Gasteiger partial charge in [-0.2, -0.15) is 5.26 Å². The van der Waals surface area contributed by atoms with Gasteiger partial charge in [0.1, 0.15) is 5.54 Å². The highest BCUT2D eigenvalue weighted by Crippen LogP contribution is 2.38. The van der Waals surface area contributed by atoms with Gasteiger partial charge in [-0.05, 0) is 25.8 Å². The van der Waals surface area contributed by atoms with Crippen molar-refractivity contribution in [3.8, 4) is 6.07 Å². The Hall–Kier alpha value is -1.61. The second kappa shape index (κ2) is 5.57. The van der Waals surface area contributed by atoms with Crippen LogP contribution in [0.5, 0.6) is 0 Å². The first-order valence-electron chi connectivity index (χ1n) is 6.87. The third kappa shape index (κ3) is 2.30. The van der Waals surface area contributed by atoms with Gasteiger partial charge in [-0.25, -0.2) is 4.79 Å². The fraction of sp³-hybridized carbons (Fsp3) is 0.769. The van der Waals surface area contributed by atoms with Gasteiger partial charge in [-0.1, -0.05) is 12.8 Å². The molecule has 0 bridgehead atoms. The number of imide groups is 1. The molecular formula is C13H20N4O2. The summed E-state index contributed by atoms with van der Waals surface area (Å²) in [6.07, 6.45) is 4.43. The van der Waals surface area contributed by atoms with Crippen molar-refractivity contribution in [2.45, 2.75) is 44.1 Å². The molecule has 1 spiro atoms. The first-order valence-corrected chi connectivity index (χ1v) is 6.87. The van der Waals surface area contributed by atoms with E-state index in [0.29, 0.717) is 32.4 Å². The molecule has 1 saturated heterocycles. The Balaban J connectivity index is 2.13. The van der Waals surface area contributed by atoms with Crippen LogP contribution in [0.4, 0.5) is 4.79 Å². The number of amides is 3. The lowest BCUT2D eigenvalue weighted by atomic mass is 9.72. The number of urea groups is 1. The van der Waals surface area contributed by atoms with Crippen molar-refractivity contribution in [2.24, 2.45) is 11.7 Å². The molecule has 2 aliphatic rings. The fourth-order valence-electron chi connectivity index (χ4n) is 3.17. The summed E-state index contributed by atoms with van der Waals surface area (Å²) >= 11 is 0. The molecule has 2 rings (SSSR count). The van der Waals surface area contributed by atoms with Crippen molar-refractivity contribution in [3.05, 3.63) is 0 Å². The van der Waals surface area contributed by atoms with Gasteiger partial charge < -0.3 is 11.1 Å². The van der Waals surface area contributed by atoms with Crippen LogP contribution in [0.3, 0.4) is 0 Å². The minimum atomic E-state index is -0.781. The van der Waals surface area contributed by atoms with Crippen LogP contribution < -0.4 is 11.1 Å².